The van der Waals surface area contributed by atoms with E-state index in [4.69, 9.17) is 0 Å². The second-order valence-electron chi connectivity index (χ2n) is 7.74. The minimum atomic E-state index is -0.133. The third kappa shape index (κ3) is 4.10. The van der Waals surface area contributed by atoms with Crippen LogP contribution in [0.25, 0.3) is 22.4 Å². The summed E-state index contributed by atoms with van der Waals surface area (Å²) in [5.41, 5.74) is 6.57. The van der Waals surface area contributed by atoms with Crippen LogP contribution in [0.2, 0.25) is 0 Å². The highest BCUT2D eigenvalue weighted by Crippen LogP contribution is 2.36. The molecule has 0 bridgehead atoms. The first kappa shape index (κ1) is 20.8. The highest BCUT2D eigenvalue weighted by Gasteiger charge is 2.19. The largest absolute Gasteiger partial charge is 0.207 e. The van der Waals surface area contributed by atoms with Gasteiger partial charge in [0, 0.05) is 0 Å². The predicted molar refractivity (Wildman–Crippen MR) is 125 cm³/mol. The van der Waals surface area contributed by atoms with Crippen molar-refractivity contribution in [2.75, 3.05) is 0 Å². The average molecular weight is 385 g/mol. The molecular weight excluding hydrogens is 355 g/mol. The summed E-state index contributed by atoms with van der Waals surface area (Å²) in [4.78, 5) is 0. The summed E-state index contributed by atoms with van der Waals surface area (Å²) in [5, 5.41) is 2.56. The Morgan fingerprint density at radius 2 is 1.83 bits per heavy atom. The number of allylic oxidation sites excluding steroid dienone is 4. The first-order chi connectivity index (χ1) is 13.6. The van der Waals surface area contributed by atoms with Crippen LogP contribution in [0.1, 0.15) is 43.0 Å². The monoisotopic (exact) mass is 384 g/mol. The fourth-order valence-corrected chi connectivity index (χ4v) is 4.19. The lowest BCUT2D eigenvalue weighted by Gasteiger charge is -2.24. The Kier molecular flexibility index (Phi) is 6.17. The van der Waals surface area contributed by atoms with Crippen LogP contribution in [0, 0.1) is 18.7 Å². The molecule has 0 saturated heterocycles. The minimum absolute atomic E-state index is 0. The van der Waals surface area contributed by atoms with Gasteiger partial charge in [0.2, 0.25) is 0 Å². The summed E-state index contributed by atoms with van der Waals surface area (Å²) in [6.45, 7) is 7.97. The predicted octanol–water partition coefficient (Wildman–Crippen LogP) is 8.16. The highest BCUT2D eigenvalue weighted by atomic mass is 19.1. The van der Waals surface area contributed by atoms with Crippen molar-refractivity contribution in [3.05, 3.63) is 107 Å². The number of aryl methyl sites for hydroxylation is 1. The van der Waals surface area contributed by atoms with Crippen LogP contribution >= 0.6 is 0 Å². The molecule has 3 aromatic carbocycles. The molecule has 3 aromatic rings. The van der Waals surface area contributed by atoms with Crippen LogP contribution in [0.4, 0.5) is 4.39 Å². The van der Waals surface area contributed by atoms with E-state index in [0.717, 1.165) is 23.1 Å². The van der Waals surface area contributed by atoms with Crippen molar-refractivity contribution in [1.29, 1.82) is 0 Å². The molecule has 0 amide bonds. The van der Waals surface area contributed by atoms with Crippen molar-refractivity contribution in [2.24, 2.45) is 5.92 Å². The Balaban J connectivity index is 0.00000240. The standard InChI is InChI=1S/C27H25F.CH4/c1-4-20-14-19(3)26(27(28)16-20)17-22-12-13-23(15-18(22)2)25-11-7-9-21-8-5-6-10-24(21)25;/h4-14,16,18H,1,15,17H2,2-3H3;1H4. The molecule has 0 fully saturated rings. The minimum Gasteiger partial charge on any atom is -0.207 e. The van der Waals surface area contributed by atoms with Crippen LogP contribution < -0.4 is 0 Å². The van der Waals surface area contributed by atoms with Gasteiger partial charge in [-0.3, -0.25) is 0 Å². The van der Waals surface area contributed by atoms with E-state index < -0.39 is 0 Å². The van der Waals surface area contributed by atoms with Gasteiger partial charge in [-0.2, -0.15) is 0 Å². The summed E-state index contributed by atoms with van der Waals surface area (Å²) in [6.07, 6.45) is 7.76. The highest BCUT2D eigenvalue weighted by molar-refractivity contribution is 5.94. The Hall–Kier alpha value is -2.93. The number of fused-ring (bicyclic) bond motifs is 1. The van der Waals surface area contributed by atoms with E-state index in [-0.39, 0.29) is 13.2 Å². The molecule has 148 valence electrons. The quantitative estimate of drug-likeness (QED) is 0.425. The summed E-state index contributed by atoms with van der Waals surface area (Å²) < 4.78 is 14.6. The van der Waals surface area contributed by atoms with Crippen molar-refractivity contribution in [2.45, 2.75) is 34.1 Å². The fourth-order valence-electron chi connectivity index (χ4n) is 4.19. The van der Waals surface area contributed by atoms with Crippen LogP contribution in [-0.2, 0) is 6.42 Å². The van der Waals surface area contributed by atoms with Gasteiger partial charge in [-0.1, -0.05) is 93.3 Å². The second-order valence-corrected chi connectivity index (χ2v) is 7.74. The first-order valence-electron chi connectivity index (χ1n) is 9.86. The van der Waals surface area contributed by atoms with Crippen molar-refractivity contribution in [3.63, 3.8) is 0 Å². The van der Waals surface area contributed by atoms with Crippen LogP contribution in [-0.4, -0.2) is 0 Å². The van der Waals surface area contributed by atoms with Gasteiger partial charge >= 0.3 is 0 Å². The lowest BCUT2D eigenvalue weighted by Crippen LogP contribution is -2.09. The zero-order valence-corrected chi connectivity index (χ0v) is 16.5. The van der Waals surface area contributed by atoms with E-state index in [9.17, 15) is 4.39 Å². The number of halogens is 1. The molecule has 0 nitrogen and oxygen atoms in total. The molecule has 1 aliphatic rings. The second kappa shape index (κ2) is 8.61. The Bertz CT molecular complexity index is 1090. The van der Waals surface area contributed by atoms with Crippen LogP contribution in [0.3, 0.4) is 0 Å². The molecule has 4 rings (SSSR count). The topological polar surface area (TPSA) is 0 Å². The van der Waals surface area contributed by atoms with E-state index in [1.807, 2.05) is 13.0 Å². The van der Waals surface area contributed by atoms with Gasteiger partial charge in [0.15, 0.2) is 0 Å². The van der Waals surface area contributed by atoms with Gasteiger partial charge in [0.1, 0.15) is 5.82 Å². The molecule has 0 saturated carbocycles. The summed E-state index contributed by atoms with van der Waals surface area (Å²) >= 11 is 0. The van der Waals surface area contributed by atoms with Gasteiger partial charge in [-0.05, 0) is 70.3 Å². The van der Waals surface area contributed by atoms with Crippen molar-refractivity contribution in [3.8, 4) is 0 Å². The van der Waals surface area contributed by atoms with E-state index in [0.29, 0.717) is 12.3 Å². The van der Waals surface area contributed by atoms with E-state index in [1.54, 1.807) is 12.1 Å². The fraction of sp³-hybridized carbons (Fsp3) is 0.214. The first-order valence-corrected chi connectivity index (χ1v) is 9.86. The number of rotatable bonds is 4. The zero-order valence-electron chi connectivity index (χ0n) is 16.5. The van der Waals surface area contributed by atoms with Crippen molar-refractivity contribution >= 4 is 22.4 Å². The molecule has 1 unspecified atom stereocenters. The Morgan fingerprint density at radius 1 is 1.07 bits per heavy atom. The third-order valence-electron chi connectivity index (χ3n) is 5.85. The van der Waals surface area contributed by atoms with E-state index >= 15 is 0 Å². The van der Waals surface area contributed by atoms with Crippen LogP contribution in [0.5, 0.6) is 0 Å². The van der Waals surface area contributed by atoms with Gasteiger partial charge in [-0.15, -0.1) is 0 Å². The Morgan fingerprint density at radius 3 is 2.55 bits per heavy atom. The molecule has 0 spiro atoms. The van der Waals surface area contributed by atoms with E-state index in [1.165, 1.54) is 27.5 Å². The summed E-state index contributed by atoms with van der Waals surface area (Å²) in [6, 6.07) is 18.6. The molecule has 0 N–H and O–H groups in total. The molecule has 29 heavy (non-hydrogen) atoms. The van der Waals surface area contributed by atoms with E-state index in [2.05, 4.69) is 68.1 Å². The van der Waals surface area contributed by atoms with Gasteiger partial charge in [0.25, 0.3) is 0 Å². The van der Waals surface area contributed by atoms with Crippen LogP contribution in [0.15, 0.2) is 78.9 Å². The van der Waals surface area contributed by atoms with Gasteiger partial charge < -0.3 is 0 Å². The zero-order chi connectivity index (χ0) is 19.7. The van der Waals surface area contributed by atoms with Gasteiger partial charge in [-0.25, -0.2) is 4.39 Å². The molecule has 0 heterocycles. The number of hydrogen-bond donors (Lipinski definition) is 0. The maximum atomic E-state index is 14.6. The molecule has 1 aliphatic carbocycles. The number of benzene rings is 3. The average Bonchev–Trinajstić information content (AvgIpc) is 2.71. The lowest BCUT2D eigenvalue weighted by molar-refractivity contribution is 0.601. The lowest BCUT2D eigenvalue weighted by atomic mass is 9.81. The molecule has 1 heteroatoms. The van der Waals surface area contributed by atoms with Crippen molar-refractivity contribution < 1.29 is 4.39 Å². The molecular formula is C28H29F. The molecule has 0 radical (unpaired) electrons. The maximum absolute atomic E-state index is 14.6. The van der Waals surface area contributed by atoms with Crippen molar-refractivity contribution in [1.82, 2.24) is 0 Å². The maximum Gasteiger partial charge on any atom is 0.127 e. The normalized spacial score (nSPS) is 16.0. The molecule has 0 aromatic heterocycles. The molecule has 0 aliphatic heterocycles. The SMILES string of the molecule is C.C=Cc1cc(C)c(CC2=CC=C(c3cccc4ccccc34)CC2C)c(F)c1. The smallest absolute Gasteiger partial charge is 0.127 e. The summed E-state index contributed by atoms with van der Waals surface area (Å²) in [7, 11) is 0. The number of hydrogen-bond acceptors (Lipinski definition) is 0. The third-order valence-corrected chi connectivity index (χ3v) is 5.85. The van der Waals surface area contributed by atoms with Gasteiger partial charge in [0.05, 0.1) is 0 Å². The summed E-state index contributed by atoms with van der Waals surface area (Å²) in [5.74, 6) is 0.253. The molecule has 1 atom stereocenters. The Labute approximate surface area is 174 Å².